The van der Waals surface area contributed by atoms with Gasteiger partial charge in [-0.25, -0.2) is 4.68 Å². The van der Waals surface area contributed by atoms with Gasteiger partial charge in [-0.1, -0.05) is 6.07 Å². The minimum absolute atomic E-state index is 0.0890. The lowest BCUT2D eigenvalue weighted by molar-refractivity contribution is -0.274. The van der Waals surface area contributed by atoms with Gasteiger partial charge in [0.15, 0.2) is 5.78 Å². The van der Waals surface area contributed by atoms with Crippen molar-refractivity contribution in [2.75, 3.05) is 19.7 Å². The Labute approximate surface area is 209 Å². The molecule has 0 radical (unpaired) electrons. The van der Waals surface area contributed by atoms with Crippen molar-refractivity contribution in [2.45, 2.75) is 76.6 Å². The molecule has 2 aliphatic carbocycles. The van der Waals surface area contributed by atoms with Crippen LogP contribution in [0.4, 0.5) is 13.2 Å². The van der Waals surface area contributed by atoms with Gasteiger partial charge in [-0.15, -0.1) is 13.2 Å². The van der Waals surface area contributed by atoms with Gasteiger partial charge < -0.3 is 14.7 Å². The maximum Gasteiger partial charge on any atom is 0.573 e. The van der Waals surface area contributed by atoms with Gasteiger partial charge in [-0.2, -0.15) is 5.10 Å². The molecule has 6 nitrogen and oxygen atoms in total. The second-order valence-corrected chi connectivity index (χ2v) is 10.6. The normalized spacial score (nSPS) is 25.6. The van der Waals surface area contributed by atoms with Crippen LogP contribution in [0.15, 0.2) is 24.3 Å². The van der Waals surface area contributed by atoms with Crippen LogP contribution in [0, 0.1) is 18.8 Å². The second-order valence-electron chi connectivity index (χ2n) is 10.6. The molecule has 5 rings (SSSR count). The zero-order chi connectivity index (χ0) is 25.4. The Hall–Kier alpha value is -2.39. The number of Topliss-reactive ketones (excluding diaryl/α,β-unsaturated/α-hetero) is 1. The highest BCUT2D eigenvalue weighted by atomic mass is 19.4. The molecule has 1 unspecified atom stereocenters. The lowest BCUT2D eigenvalue weighted by atomic mass is 9.87. The van der Waals surface area contributed by atoms with Crippen LogP contribution in [-0.2, 0) is 0 Å². The fourth-order valence-electron chi connectivity index (χ4n) is 6.09. The standard InChI is InChI=1S/C27H34F3N3O3/c1-17-24(26(35)20-8-7-18(16-34)13-22(14-20)32-11-2-3-12-32)25(19-9-10-19)33(31-17)21-5-4-6-23(15-21)36-27(28,29)30/h4-6,15,18-20,22,34H,2-3,7-14,16H2,1H3/t18-,20?,22-/m0/s1. The first-order chi connectivity index (χ1) is 17.2. The number of halogens is 3. The largest absolute Gasteiger partial charge is 0.573 e. The van der Waals surface area contributed by atoms with Crippen molar-refractivity contribution in [1.82, 2.24) is 14.7 Å². The van der Waals surface area contributed by atoms with Crippen molar-refractivity contribution in [1.29, 1.82) is 0 Å². The Morgan fingerprint density at radius 1 is 1.14 bits per heavy atom. The van der Waals surface area contributed by atoms with Gasteiger partial charge in [0, 0.05) is 30.6 Å². The Bertz CT molecular complexity index is 1090. The number of hydrogen-bond acceptors (Lipinski definition) is 5. The van der Waals surface area contributed by atoms with Crippen LogP contribution < -0.4 is 4.74 Å². The van der Waals surface area contributed by atoms with Gasteiger partial charge in [-0.3, -0.25) is 4.79 Å². The number of aryl methyl sites for hydroxylation is 1. The third-order valence-corrected chi connectivity index (χ3v) is 7.97. The molecule has 36 heavy (non-hydrogen) atoms. The average molecular weight is 506 g/mol. The summed E-state index contributed by atoms with van der Waals surface area (Å²) in [6, 6.07) is 6.07. The Kier molecular flexibility index (Phi) is 7.14. The van der Waals surface area contributed by atoms with E-state index >= 15 is 0 Å². The van der Waals surface area contributed by atoms with Crippen molar-refractivity contribution < 1.29 is 27.8 Å². The van der Waals surface area contributed by atoms with Crippen molar-refractivity contribution in [3.63, 3.8) is 0 Å². The van der Waals surface area contributed by atoms with E-state index in [4.69, 9.17) is 0 Å². The summed E-state index contributed by atoms with van der Waals surface area (Å²) >= 11 is 0. The van der Waals surface area contributed by atoms with Crippen molar-refractivity contribution in [3.05, 3.63) is 41.2 Å². The summed E-state index contributed by atoms with van der Waals surface area (Å²) < 4.78 is 44.2. The predicted octanol–water partition coefficient (Wildman–Crippen LogP) is 5.40. The number of carbonyl (C=O) groups excluding carboxylic acids is 1. The summed E-state index contributed by atoms with van der Waals surface area (Å²) in [6.07, 6.45) is 2.67. The number of ketones is 1. The molecular weight excluding hydrogens is 471 g/mol. The third-order valence-electron chi connectivity index (χ3n) is 7.97. The summed E-state index contributed by atoms with van der Waals surface area (Å²) in [5, 5.41) is 14.6. The van der Waals surface area contributed by atoms with Gasteiger partial charge in [-0.05, 0) is 89.4 Å². The highest BCUT2D eigenvalue weighted by Crippen LogP contribution is 2.45. The smallest absolute Gasteiger partial charge is 0.406 e. The number of carbonyl (C=O) groups is 1. The van der Waals surface area contributed by atoms with Crippen molar-refractivity contribution >= 4 is 5.78 Å². The molecule has 0 spiro atoms. The van der Waals surface area contributed by atoms with E-state index in [9.17, 15) is 23.1 Å². The maximum atomic E-state index is 14.1. The molecule has 2 aromatic rings. The number of likely N-dealkylation sites (tertiary alicyclic amines) is 1. The Morgan fingerprint density at radius 3 is 2.56 bits per heavy atom. The number of benzene rings is 1. The topological polar surface area (TPSA) is 67.6 Å². The second kappa shape index (κ2) is 10.2. The van der Waals surface area contributed by atoms with Gasteiger partial charge >= 0.3 is 6.36 Å². The van der Waals surface area contributed by atoms with E-state index < -0.39 is 6.36 Å². The number of hydrogen-bond donors (Lipinski definition) is 1. The average Bonchev–Trinajstić information content (AvgIpc) is 3.47. The number of aliphatic hydroxyl groups excluding tert-OH is 1. The summed E-state index contributed by atoms with van der Waals surface area (Å²) in [4.78, 5) is 16.6. The summed E-state index contributed by atoms with van der Waals surface area (Å²) in [7, 11) is 0. The van der Waals surface area contributed by atoms with Crippen LogP contribution in [0.5, 0.6) is 5.75 Å². The minimum Gasteiger partial charge on any atom is -0.406 e. The molecule has 196 valence electrons. The predicted molar refractivity (Wildman–Crippen MR) is 128 cm³/mol. The van der Waals surface area contributed by atoms with Gasteiger partial charge in [0.25, 0.3) is 0 Å². The van der Waals surface area contributed by atoms with E-state index in [-0.39, 0.29) is 41.9 Å². The summed E-state index contributed by atoms with van der Waals surface area (Å²) in [5.74, 6) is 0.00116. The van der Waals surface area contributed by atoms with E-state index in [0.29, 0.717) is 16.9 Å². The molecule has 1 aromatic heterocycles. The minimum atomic E-state index is -4.78. The lowest BCUT2D eigenvalue weighted by Gasteiger charge is -2.29. The van der Waals surface area contributed by atoms with Crippen LogP contribution in [0.25, 0.3) is 5.69 Å². The van der Waals surface area contributed by atoms with Gasteiger partial charge in [0.05, 0.1) is 22.6 Å². The molecule has 0 amide bonds. The molecule has 2 heterocycles. The molecule has 0 bridgehead atoms. The lowest BCUT2D eigenvalue weighted by Crippen LogP contribution is -2.36. The highest BCUT2D eigenvalue weighted by molar-refractivity contribution is 6.00. The third kappa shape index (κ3) is 5.47. The van der Waals surface area contributed by atoms with Crippen molar-refractivity contribution in [2.24, 2.45) is 11.8 Å². The van der Waals surface area contributed by atoms with E-state index in [0.717, 1.165) is 57.3 Å². The monoisotopic (exact) mass is 505 g/mol. The molecule has 1 N–H and O–H groups in total. The Balaban J connectivity index is 1.46. The van der Waals surface area contributed by atoms with Crippen LogP contribution in [0.3, 0.4) is 0 Å². The molecule has 3 fully saturated rings. The van der Waals surface area contributed by atoms with Crippen LogP contribution >= 0.6 is 0 Å². The van der Waals surface area contributed by atoms with Crippen molar-refractivity contribution in [3.8, 4) is 11.4 Å². The van der Waals surface area contributed by atoms with Gasteiger partial charge in [0.1, 0.15) is 5.75 Å². The van der Waals surface area contributed by atoms with Crippen LogP contribution in [0.2, 0.25) is 0 Å². The van der Waals surface area contributed by atoms with E-state index in [1.807, 2.05) is 6.92 Å². The zero-order valence-corrected chi connectivity index (χ0v) is 20.6. The number of aromatic nitrogens is 2. The van der Waals surface area contributed by atoms with Crippen LogP contribution in [-0.4, -0.2) is 57.7 Å². The first kappa shape index (κ1) is 25.3. The number of alkyl halides is 3. The molecule has 3 atom stereocenters. The SMILES string of the molecule is Cc1nn(-c2cccc(OC(F)(F)F)c2)c(C2CC2)c1C(=O)C1CC[C@H](CO)C[C@H](N2CCCC2)C1. The number of nitrogens with zero attached hydrogens (tertiary/aromatic N) is 3. The van der Waals surface area contributed by atoms with Crippen LogP contribution in [0.1, 0.15) is 79.0 Å². The molecule has 3 aliphatic rings. The number of aliphatic hydroxyl groups is 1. The molecule has 9 heteroatoms. The van der Waals surface area contributed by atoms with E-state index in [1.54, 1.807) is 10.7 Å². The molecule has 1 aromatic carbocycles. The first-order valence-corrected chi connectivity index (χ1v) is 13.1. The summed E-state index contributed by atoms with van der Waals surface area (Å²) in [6.45, 7) is 4.05. The Morgan fingerprint density at radius 2 is 1.89 bits per heavy atom. The summed E-state index contributed by atoms with van der Waals surface area (Å²) in [5.41, 5.74) is 2.51. The van der Waals surface area contributed by atoms with Gasteiger partial charge in [0.2, 0.25) is 0 Å². The molecular formula is C27H34F3N3O3. The fourth-order valence-corrected chi connectivity index (χ4v) is 6.09. The van der Waals surface area contributed by atoms with E-state index in [1.165, 1.54) is 31.0 Å². The molecule has 2 saturated carbocycles. The maximum absolute atomic E-state index is 14.1. The fraction of sp³-hybridized carbons (Fsp3) is 0.630. The quantitative estimate of drug-likeness (QED) is 0.403. The number of rotatable bonds is 7. The van der Waals surface area contributed by atoms with E-state index in [2.05, 4.69) is 14.7 Å². The highest BCUT2D eigenvalue weighted by Gasteiger charge is 2.39. The molecule has 1 saturated heterocycles. The first-order valence-electron chi connectivity index (χ1n) is 13.1. The number of ether oxygens (including phenoxy) is 1. The zero-order valence-electron chi connectivity index (χ0n) is 20.6. The molecule has 1 aliphatic heterocycles.